The molecule has 1 atom stereocenters. The lowest BCUT2D eigenvalue weighted by atomic mass is 10.0. The van der Waals surface area contributed by atoms with E-state index in [1.54, 1.807) is 27.7 Å². The third-order valence-electron chi connectivity index (χ3n) is 5.29. The molecule has 14 heteroatoms. The van der Waals surface area contributed by atoms with Crippen molar-refractivity contribution in [2.75, 3.05) is 32.8 Å². The summed E-state index contributed by atoms with van der Waals surface area (Å²) in [5.74, 6) is -1.00. The molecule has 0 spiro atoms. The number of esters is 1. The van der Waals surface area contributed by atoms with E-state index in [-0.39, 0.29) is 12.5 Å². The molecule has 0 aromatic heterocycles. The van der Waals surface area contributed by atoms with Crippen molar-refractivity contribution in [1.29, 1.82) is 0 Å². The number of rotatable bonds is 15. The SMILES string of the molecule is CCCCC(CC)COC(=O)C(NS(=O)(=O)C(=S)N(CC)CC)NS(=O)(=O)C(=S)N(CC)CC. The summed E-state index contributed by atoms with van der Waals surface area (Å²) in [6.07, 6.45) is 1.60. The van der Waals surface area contributed by atoms with Crippen LogP contribution in [0.15, 0.2) is 0 Å². The number of nitrogens with zero attached hydrogens (tertiary/aromatic N) is 2. The molecular weight excluding hydrogens is 521 g/mol. The summed E-state index contributed by atoms with van der Waals surface area (Å²) in [4.78, 5) is 15.7. The predicted octanol–water partition coefficient (Wildman–Crippen LogP) is 2.16. The first-order valence-corrected chi connectivity index (χ1v) is 15.4. The van der Waals surface area contributed by atoms with Crippen LogP contribution in [0.2, 0.25) is 0 Å². The fourth-order valence-corrected chi connectivity index (χ4v) is 6.22. The highest BCUT2D eigenvalue weighted by atomic mass is 32.2. The second-order valence-corrected chi connectivity index (χ2v) is 12.1. The van der Waals surface area contributed by atoms with E-state index in [9.17, 15) is 21.6 Å². The fraction of sp³-hybridized carbons (Fsp3) is 0.850. The average Bonchev–Trinajstić information content (AvgIpc) is 2.79. The minimum Gasteiger partial charge on any atom is -0.463 e. The minimum atomic E-state index is -4.39. The van der Waals surface area contributed by atoms with Crippen molar-refractivity contribution in [2.45, 2.75) is 73.4 Å². The summed E-state index contributed by atoms with van der Waals surface area (Å²) in [6, 6.07) is 0. The van der Waals surface area contributed by atoms with Crippen LogP contribution in [0.1, 0.15) is 67.2 Å². The average molecular weight is 561 g/mol. The molecule has 0 amide bonds. The van der Waals surface area contributed by atoms with Gasteiger partial charge in [0.05, 0.1) is 6.61 Å². The van der Waals surface area contributed by atoms with Crippen molar-refractivity contribution >= 4 is 59.1 Å². The van der Waals surface area contributed by atoms with Crippen LogP contribution in [0.25, 0.3) is 0 Å². The van der Waals surface area contributed by atoms with Crippen molar-refractivity contribution in [3.63, 3.8) is 0 Å². The third-order valence-corrected chi connectivity index (χ3v) is 9.65. The lowest BCUT2D eigenvalue weighted by Crippen LogP contribution is -2.58. The van der Waals surface area contributed by atoms with Gasteiger partial charge in [0.25, 0.3) is 20.0 Å². The molecule has 0 aromatic rings. The Morgan fingerprint density at radius 1 is 0.824 bits per heavy atom. The smallest absolute Gasteiger partial charge is 0.340 e. The van der Waals surface area contributed by atoms with Gasteiger partial charge in [-0.05, 0) is 64.5 Å². The molecule has 0 radical (unpaired) electrons. The van der Waals surface area contributed by atoms with Crippen molar-refractivity contribution in [2.24, 2.45) is 5.92 Å². The zero-order valence-electron chi connectivity index (χ0n) is 21.0. The lowest BCUT2D eigenvalue weighted by molar-refractivity contribution is -0.147. The molecule has 0 aliphatic carbocycles. The highest BCUT2D eigenvalue weighted by molar-refractivity contribution is 8.16. The Morgan fingerprint density at radius 2 is 1.24 bits per heavy atom. The fourth-order valence-electron chi connectivity index (χ4n) is 3.02. The molecule has 0 rings (SSSR count). The maximum Gasteiger partial charge on any atom is 0.340 e. The molecule has 0 aromatic carbocycles. The zero-order chi connectivity index (χ0) is 26.5. The summed E-state index contributed by atoms with van der Waals surface area (Å²) < 4.78 is 60.0. The Morgan fingerprint density at radius 3 is 1.56 bits per heavy atom. The van der Waals surface area contributed by atoms with Crippen LogP contribution in [-0.2, 0) is 29.6 Å². The largest absolute Gasteiger partial charge is 0.463 e. The third kappa shape index (κ3) is 10.4. The monoisotopic (exact) mass is 560 g/mol. The molecule has 1 unspecified atom stereocenters. The molecule has 34 heavy (non-hydrogen) atoms. The van der Waals surface area contributed by atoms with Gasteiger partial charge >= 0.3 is 5.97 Å². The molecule has 0 bridgehead atoms. The molecule has 0 saturated carbocycles. The van der Waals surface area contributed by atoms with E-state index in [0.29, 0.717) is 26.2 Å². The second kappa shape index (κ2) is 15.9. The Balaban J connectivity index is 5.90. The van der Waals surface area contributed by atoms with Crippen LogP contribution in [0.5, 0.6) is 0 Å². The molecule has 0 aliphatic rings. The van der Waals surface area contributed by atoms with Gasteiger partial charge in [-0.2, -0.15) is 9.44 Å². The molecule has 200 valence electrons. The van der Waals surface area contributed by atoms with E-state index in [0.717, 1.165) is 25.7 Å². The van der Waals surface area contributed by atoms with Crippen molar-refractivity contribution in [3.8, 4) is 0 Å². The van der Waals surface area contributed by atoms with Gasteiger partial charge in [0, 0.05) is 26.2 Å². The first-order chi connectivity index (χ1) is 15.8. The Kier molecular flexibility index (Phi) is 15.5. The minimum absolute atomic E-state index is 0.0380. The summed E-state index contributed by atoms with van der Waals surface area (Å²) >= 11 is 10.1. The van der Waals surface area contributed by atoms with Gasteiger partial charge in [-0.15, -0.1) is 0 Å². The number of hydrogen-bond acceptors (Lipinski definition) is 8. The van der Waals surface area contributed by atoms with Crippen molar-refractivity contribution < 1.29 is 26.4 Å². The highest BCUT2D eigenvalue weighted by Crippen LogP contribution is 2.13. The van der Waals surface area contributed by atoms with Gasteiger partial charge in [0.1, 0.15) is 0 Å². The van der Waals surface area contributed by atoms with Crippen LogP contribution >= 0.6 is 24.4 Å². The molecule has 0 fully saturated rings. The molecule has 0 saturated heterocycles. The number of thiocarbonyl (C=S) groups is 2. The van der Waals surface area contributed by atoms with Gasteiger partial charge in [0.2, 0.25) is 8.64 Å². The van der Waals surface area contributed by atoms with Gasteiger partial charge in [-0.1, -0.05) is 33.1 Å². The van der Waals surface area contributed by atoms with E-state index < -0.39 is 40.8 Å². The Bertz CT molecular complexity index is 815. The number of hydrogen-bond donors (Lipinski definition) is 2. The van der Waals surface area contributed by atoms with Crippen molar-refractivity contribution in [3.05, 3.63) is 0 Å². The normalized spacial score (nSPS) is 12.9. The zero-order valence-corrected chi connectivity index (χ0v) is 24.3. The van der Waals surface area contributed by atoms with Crippen LogP contribution in [-0.4, -0.2) is 80.2 Å². The maximum atomic E-state index is 12.9. The number of sulfonamides is 2. The second-order valence-electron chi connectivity index (χ2n) is 7.60. The van der Waals surface area contributed by atoms with Gasteiger partial charge in [-0.25, -0.2) is 21.6 Å². The van der Waals surface area contributed by atoms with E-state index >= 15 is 0 Å². The molecule has 0 heterocycles. The maximum absolute atomic E-state index is 12.9. The first-order valence-electron chi connectivity index (χ1n) is 11.6. The summed E-state index contributed by atoms with van der Waals surface area (Å²) in [5.41, 5.74) is 0. The number of unbranched alkanes of at least 4 members (excludes halogenated alkanes) is 1. The summed E-state index contributed by atoms with van der Waals surface area (Å²) in [6.45, 7) is 12.2. The molecular formula is C20H40N4O6S4. The van der Waals surface area contributed by atoms with Crippen LogP contribution in [0.4, 0.5) is 0 Å². The van der Waals surface area contributed by atoms with Gasteiger partial charge < -0.3 is 14.5 Å². The molecule has 0 aliphatic heterocycles. The van der Waals surface area contributed by atoms with E-state index in [1.807, 2.05) is 6.92 Å². The number of nitrogens with one attached hydrogen (secondary N) is 2. The van der Waals surface area contributed by atoms with Gasteiger partial charge in [-0.3, -0.25) is 0 Å². The van der Waals surface area contributed by atoms with E-state index in [4.69, 9.17) is 29.2 Å². The highest BCUT2D eigenvalue weighted by Gasteiger charge is 2.35. The Labute approximate surface area is 216 Å². The lowest BCUT2D eigenvalue weighted by Gasteiger charge is -2.26. The van der Waals surface area contributed by atoms with E-state index in [2.05, 4.69) is 16.4 Å². The van der Waals surface area contributed by atoms with Gasteiger partial charge in [0.15, 0.2) is 6.17 Å². The quantitative estimate of drug-likeness (QED) is 0.175. The van der Waals surface area contributed by atoms with Crippen LogP contribution < -0.4 is 9.44 Å². The number of ether oxygens (including phenoxy) is 1. The Hall–Kier alpha value is -0.930. The van der Waals surface area contributed by atoms with E-state index in [1.165, 1.54) is 9.80 Å². The summed E-state index contributed by atoms with van der Waals surface area (Å²) in [5, 5.41) is 0. The number of carbonyl (C=O) groups excluding carboxylic acids is 1. The molecule has 2 N–H and O–H groups in total. The van der Waals surface area contributed by atoms with Crippen LogP contribution in [0.3, 0.4) is 0 Å². The predicted molar refractivity (Wildman–Crippen MR) is 143 cm³/mol. The van der Waals surface area contributed by atoms with Crippen molar-refractivity contribution in [1.82, 2.24) is 19.2 Å². The number of carbonyl (C=O) groups is 1. The molecule has 10 nitrogen and oxygen atoms in total. The standard InChI is InChI=1S/C20H40N4O6S4/c1-7-13-14-16(8-2)15-30-18(25)17(21-33(26,27)19(31)23(9-3)10-4)22-34(28,29)20(32)24(11-5)12-6/h16-17,21-22H,7-15H2,1-6H3. The van der Waals surface area contributed by atoms with Crippen LogP contribution in [0, 0.1) is 5.92 Å². The first kappa shape index (κ1) is 33.1. The topological polar surface area (TPSA) is 125 Å². The summed E-state index contributed by atoms with van der Waals surface area (Å²) in [7, 11) is -8.79.